The Morgan fingerprint density at radius 3 is 2.11 bits per heavy atom. The molecule has 27 heavy (non-hydrogen) atoms. The van der Waals surface area contributed by atoms with Crippen LogP contribution in [0.15, 0.2) is 27.8 Å². The molecule has 0 atom stereocenters. The molecule has 142 valence electrons. The lowest BCUT2D eigenvalue weighted by Crippen LogP contribution is -1.99. The second-order valence-corrected chi connectivity index (χ2v) is 6.15. The fraction of sp³-hybridized carbons (Fsp3) is 0.250. The minimum Gasteiger partial charge on any atom is -0.493 e. The number of thioether (sulfide) groups is 1. The first-order valence-corrected chi connectivity index (χ1v) is 8.68. The van der Waals surface area contributed by atoms with E-state index in [1.807, 2.05) is 0 Å². The van der Waals surface area contributed by atoms with Gasteiger partial charge >= 0.3 is 0 Å². The molecule has 0 unspecified atom stereocenters. The molecule has 2 heterocycles. The smallest absolute Gasteiger partial charge is 0.248 e. The van der Waals surface area contributed by atoms with E-state index in [-0.39, 0.29) is 0 Å². The summed E-state index contributed by atoms with van der Waals surface area (Å²) in [7, 11) is 4.61. The summed E-state index contributed by atoms with van der Waals surface area (Å²) in [5, 5.41) is 8.54. The Bertz CT molecular complexity index is 903. The number of rotatable bonds is 7. The van der Waals surface area contributed by atoms with Crippen molar-refractivity contribution >= 4 is 23.4 Å². The molecular weight excluding hydrogens is 372 g/mol. The van der Waals surface area contributed by atoms with E-state index in [1.165, 1.54) is 39.2 Å². The van der Waals surface area contributed by atoms with Crippen molar-refractivity contribution in [2.24, 2.45) is 0 Å². The van der Waals surface area contributed by atoms with E-state index in [9.17, 15) is 0 Å². The van der Waals surface area contributed by atoms with E-state index >= 15 is 0 Å². The average molecular weight is 390 g/mol. The molecule has 0 radical (unpaired) electrons. The zero-order chi connectivity index (χ0) is 19.4. The number of anilines is 2. The molecule has 10 nitrogen and oxygen atoms in total. The number of nitrogens with two attached hydrogens (primary N) is 2. The number of hydrogen-bond donors (Lipinski definition) is 2. The molecule has 1 aromatic carbocycles. The Morgan fingerprint density at radius 2 is 1.56 bits per heavy atom. The van der Waals surface area contributed by atoms with Gasteiger partial charge in [0.2, 0.25) is 17.5 Å². The van der Waals surface area contributed by atoms with Crippen LogP contribution in [0.4, 0.5) is 11.6 Å². The van der Waals surface area contributed by atoms with E-state index in [2.05, 4.69) is 20.2 Å². The average Bonchev–Trinajstić information content (AvgIpc) is 3.13. The monoisotopic (exact) mass is 390 g/mol. The van der Waals surface area contributed by atoms with E-state index in [1.54, 1.807) is 12.1 Å². The molecule has 0 aliphatic heterocycles. The van der Waals surface area contributed by atoms with Crippen molar-refractivity contribution < 1.29 is 18.6 Å². The summed E-state index contributed by atoms with van der Waals surface area (Å²) in [5.41, 5.74) is 12.0. The zero-order valence-corrected chi connectivity index (χ0v) is 15.7. The third-order valence-electron chi connectivity index (χ3n) is 3.45. The minimum absolute atomic E-state index is 0.300. The highest BCUT2D eigenvalue weighted by molar-refractivity contribution is 7.98. The number of ether oxygens (including phenoxy) is 3. The van der Waals surface area contributed by atoms with Crippen molar-refractivity contribution in [3.05, 3.63) is 24.1 Å². The molecule has 0 aliphatic rings. The first-order chi connectivity index (χ1) is 13.0. The normalized spacial score (nSPS) is 10.6. The fourth-order valence-corrected chi connectivity index (χ4v) is 3.00. The van der Waals surface area contributed by atoms with Crippen LogP contribution in [0.5, 0.6) is 17.2 Å². The number of aromatic nitrogens is 4. The van der Waals surface area contributed by atoms with Crippen LogP contribution in [0, 0.1) is 0 Å². The lowest BCUT2D eigenvalue weighted by Gasteiger charge is -2.12. The third-order valence-corrected chi connectivity index (χ3v) is 4.28. The largest absolute Gasteiger partial charge is 0.493 e. The second-order valence-electron chi connectivity index (χ2n) is 5.20. The van der Waals surface area contributed by atoms with Crippen molar-refractivity contribution in [1.82, 2.24) is 20.2 Å². The Balaban J connectivity index is 1.81. The first kappa shape index (κ1) is 18.6. The van der Waals surface area contributed by atoms with Gasteiger partial charge in [-0.1, -0.05) is 11.8 Å². The first-order valence-electron chi connectivity index (χ1n) is 7.69. The molecular formula is C16H18N6O4S. The summed E-state index contributed by atoms with van der Waals surface area (Å²) >= 11 is 1.28. The molecule has 3 aromatic rings. The predicted octanol–water partition coefficient (Wildman–Crippen LogP) is 2.01. The van der Waals surface area contributed by atoms with Gasteiger partial charge < -0.3 is 30.1 Å². The van der Waals surface area contributed by atoms with Gasteiger partial charge in [0.25, 0.3) is 0 Å². The second kappa shape index (κ2) is 7.99. The molecule has 2 aromatic heterocycles. The van der Waals surface area contributed by atoms with Gasteiger partial charge in [-0.2, -0.15) is 0 Å². The summed E-state index contributed by atoms with van der Waals surface area (Å²) in [6.45, 7) is 0. The van der Waals surface area contributed by atoms with E-state index < -0.39 is 0 Å². The van der Waals surface area contributed by atoms with Crippen LogP contribution in [-0.4, -0.2) is 41.5 Å². The molecule has 4 N–H and O–H groups in total. The molecule has 0 amide bonds. The van der Waals surface area contributed by atoms with E-state index in [0.29, 0.717) is 57.1 Å². The number of nitrogens with zero attached hydrogens (tertiary/aromatic N) is 4. The van der Waals surface area contributed by atoms with Gasteiger partial charge in [0.15, 0.2) is 16.7 Å². The van der Waals surface area contributed by atoms with Crippen LogP contribution >= 0.6 is 11.8 Å². The van der Waals surface area contributed by atoms with Crippen LogP contribution in [-0.2, 0) is 5.75 Å². The Morgan fingerprint density at radius 1 is 0.926 bits per heavy atom. The lowest BCUT2D eigenvalue weighted by atomic mass is 10.2. The van der Waals surface area contributed by atoms with Crippen molar-refractivity contribution in [3.63, 3.8) is 0 Å². The molecule has 0 fully saturated rings. The standard InChI is InChI=1S/C16H18N6O4S/c1-23-9-4-8(5-10(24-2)14(9)25-3)15-22-21-13(26-15)7-27-16-19-11(17)6-12(18)20-16/h4-6H,7H2,1-3H3,(H4,17,18,19,20). The predicted molar refractivity (Wildman–Crippen MR) is 99.8 cm³/mol. The third kappa shape index (κ3) is 4.14. The van der Waals surface area contributed by atoms with Crippen LogP contribution in [0.3, 0.4) is 0 Å². The molecule has 3 rings (SSSR count). The summed E-state index contributed by atoms with van der Waals surface area (Å²) in [6, 6.07) is 4.94. The fourth-order valence-electron chi connectivity index (χ4n) is 2.29. The van der Waals surface area contributed by atoms with Crippen LogP contribution in [0.25, 0.3) is 11.5 Å². The number of methoxy groups -OCH3 is 3. The Hall–Kier alpha value is -3.21. The molecule has 0 saturated carbocycles. The van der Waals surface area contributed by atoms with Crippen LogP contribution in [0.2, 0.25) is 0 Å². The SMILES string of the molecule is COc1cc(-c2nnc(CSc3nc(N)cc(N)n3)o2)cc(OC)c1OC. The van der Waals surface area contributed by atoms with Gasteiger partial charge in [-0.05, 0) is 12.1 Å². The molecule has 0 aliphatic carbocycles. The molecule has 0 bridgehead atoms. The van der Waals surface area contributed by atoms with Crippen molar-refractivity contribution in [2.45, 2.75) is 10.9 Å². The highest BCUT2D eigenvalue weighted by Gasteiger charge is 2.17. The molecule has 11 heteroatoms. The summed E-state index contributed by atoms with van der Waals surface area (Å²) in [6.07, 6.45) is 0. The molecule has 0 spiro atoms. The quantitative estimate of drug-likeness (QED) is 0.451. The van der Waals surface area contributed by atoms with Gasteiger partial charge in [0, 0.05) is 11.6 Å². The topological polar surface area (TPSA) is 144 Å². The van der Waals surface area contributed by atoms with Gasteiger partial charge in [0.05, 0.1) is 27.1 Å². The molecule has 0 saturated heterocycles. The van der Waals surface area contributed by atoms with Crippen molar-refractivity contribution in [3.8, 4) is 28.7 Å². The minimum atomic E-state index is 0.300. The highest BCUT2D eigenvalue weighted by atomic mass is 32.2. The maximum Gasteiger partial charge on any atom is 0.248 e. The highest BCUT2D eigenvalue weighted by Crippen LogP contribution is 2.41. The maximum absolute atomic E-state index is 5.71. The number of benzene rings is 1. The van der Waals surface area contributed by atoms with Gasteiger partial charge in [-0.3, -0.25) is 0 Å². The van der Waals surface area contributed by atoms with Gasteiger partial charge in [0.1, 0.15) is 11.6 Å². The Kier molecular flexibility index (Phi) is 5.50. The van der Waals surface area contributed by atoms with Gasteiger partial charge in [-0.25, -0.2) is 9.97 Å². The summed E-state index contributed by atoms with van der Waals surface area (Å²) < 4.78 is 21.7. The maximum atomic E-state index is 5.71. The Labute approximate surface area is 159 Å². The number of hydrogen-bond acceptors (Lipinski definition) is 11. The van der Waals surface area contributed by atoms with Crippen molar-refractivity contribution in [2.75, 3.05) is 32.8 Å². The van der Waals surface area contributed by atoms with E-state index in [0.717, 1.165) is 0 Å². The summed E-state index contributed by atoms with van der Waals surface area (Å²) in [4.78, 5) is 8.18. The van der Waals surface area contributed by atoms with Crippen LogP contribution < -0.4 is 25.7 Å². The zero-order valence-electron chi connectivity index (χ0n) is 14.9. The van der Waals surface area contributed by atoms with Crippen molar-refractivity contribution in [1.29, 1.82) is 0 Å². The summed E-state index contributed by atoms with van der Waals surface area (Å²) in [5.74, 6) is 3.14. The lowest BCUT2D eigenvalue weighted by molar-refractivity contribution is 0.324. The van der Waals surface area contributed by atoms with E-state index in [4.69, 9.17) is 30.1 Å². The number of nitrogen functional groups attached to an aromatic ring is 2. The van der Waals surface area contributed by atoms with Gasteiger partial charge in [-0.15, -0.1) is 10.2 Å². The van der Waals surface area contributed by atoms with Crippen LogP contribution in [0.1, 0.15) is 5.89 Å².